The van der Waals surface area contributed by atoms with Gasteiger partial charge in [0, 0.05) is 29.3 Å². The molecular weight excluding hydrogens is 518 g/mol. The summed E-state index contributed by atoms with van der Waals surface area (Å²) >= 11 is 0. The summed E-state index contributed by atoms with van der Waals surface area (Å²) in [6.45, 7) is 2.70. The van der Waals surface area contributed by atoms with Crippen molar-refractivity contribution in [1.29, 1.82) is 0 Å². The van der Waals surface area contributed by atoms with E-state index in [2.05, 4.69) is 32.0 Å². The van der Waals surface area contributed by atoms with E-state index in [9.17, 15) is 4.79 Å². The van der Waals surface area contributed by atoms with E-state index in [1.54, 1.807) is 30.3 Å². The maximum Gasteiger partial charge on any atom is 0.343 e. The first-order chi connectivity index (χ1) is 19.9. The van der Waals surface area contributed by atoms with Crippen molar-refractivity contribution in [3.8, 4) is 28.1 Å². The molecule has 206 valence electrons. The van der Waals surface area contributed by atoms with Crippen LogP contribution in [0.1, 0.15) is 24.3 Å². The van der Waals surface area contributed by atoms with Crippen molar-refractivity contribution in [3.63, 3.8) is 0 Å². The lowest BCUT2D eigenvalue weighted by molar-refractivity contribution is 0.402. The van der Waals surface area contributed by atoms with Crippen LogP contribution >= 0.6 is 0 Å². The van der Waals surface area contributed by atoms with Gasteiger partial charge in [-0.05, 0) is 50.3 Å². The first-order valence-electron chi connectivity index (χ1n) is 13.1. The van der Waals surface area contributed by atoms with E-state index < -0.39 is 11.7 Å². The Labute approximate surface area is 236 Å². The quantitative estimate of drug-likeness (QED) is 0.296. The minimum Gasteiger partial charge on any atom is -0.495 e. The van der Waals surface area contributed by atoms with E-state index in [1.165, 1.54) is 6.33 Å². The fourth-order valence-corrected chi connectivity index (χ4v) is 5.24. The second-order valence-electron chi connectivity index (χ2n) is 10.2. The van der Waals surface area contributed by atoms with Crippen molar-refractivity contribution >= 4 is 27.6 Å². The molecule has 0 saturated carbocycles. The summed E-state index contributed by atoms with van der Waals surface area (Å²) in [6.07, 6.45) is 4.70. The van der Waals surface area contributed by atoms with E-state index in [0.717, 1.165) is 28.6 Å². The van der Waals surface area contributed by atoms with E-state index in [1.807, 2.05) is 57.4 Å². The summed E-state index contributed by atoms with van der Waals surface area (Å²) in [4.78, 5) is 28.4. The molecule has 2 aromatic carbocycles. The zero-order valence-electron chi connectivity index (χ0n) is 23.2. The Bertz CT molecular complexity index is 1960. The van der Waals surface area contributed by atoms with E-state index in [0.29, 0.717) is 39.2 Å². The molecule has 6 aromatic rings. The van der Waals surface area contributed by atoms with Crippen LogP contribution in [0.15, 0.2) is 82.5 Å². The smallest absolute Gasteiger partial charge is 0.343 e. The Morgan fingerprint density at radius 1 is 1.02 bits per heavy atom. The normalized spacial score (nSPS) is 12.3. The maximum atomic E-state index is 13.3. The lowest BCUT2D eigenvalue weighted by Gasteiger charge is -2.19. The molecule has 6 rings (SSSR count). The molecule has 0 amide bonds. The second kappa shape index (κ2) is 10.5. The van der Waals surface area contributed by atoms with Crippen LogP contribution in [0.5, 0.6) is 5.75 Å². The molecule has 0 fully saturated rings. The summed E-state index contributed by atoms with van der Waals surface area (Å²) in [5, 5.41) is 6.83. The summed E-state index contributed by atoms with van der Waals surface area (Å²) in [6, 6.07) is 17.1. The first-order valence-corrected chi connectivity index (χ1v) is 13.1. The predicted octanol–water partition coefficient (Wildman–Crippen LogP) is 4.92. The highest BCUT2D eigenvalue weighted by atomic mass is 16.5. The zero-order chi connectivity index (χ0) is 28.7. The lowest BCUT2D eigenvalue weighted by Crippen LogP contribution is -2.15. The number of benzene rings is 2. The highest BCUT2D eigenvalue weighted by molar-refractivity contribution is 5.99. The van der Waals surface area contributed by atoms with Gasteiger partial charge in [0.2, 0.25) is 0 Å². The van der Waals surface area contributed by atoms with Crippen LogP contribution in [0.25, 0.3) is 44.2 Å². The highest BCUT2D eigenvalue weighted by Gasteiger charge is 2.27. The summed E-state index contributed by atoms with van der Waals surface area (Å²) < 4.78 is 13.2. The average Bonchev–Trinajstić information content (AvgIpc) is 3.38. The van der Waals surface area contributed by atoms with Gasteiger partial charge in [0.25, 0.3) is 0 Å². The van der Waals surface area contributed by atoms with Crippen molar-refractivity contribution in [2.75, 3.05) is 26.9 Å². The molecular formula is C31H29N7O3. The van der Waals surface area contributed by atoms with Gasteiger partial charge in [-0.2, -0.15) is 5.10 Å². The standard InChI is InChI=1S/C31H29N7O3/c1-18(38-30-26(29(32)34-17-35-30)27(36-38)21-13-22(40-4)15-33-14-21)28-25(20-9-7-8-19(12-20)16-37(2)3)23-10-5-6-11-24(23)31(39)41-28/h5-15,17-18H,16H2,1-4H3,(H2,32,34,35). The molecule has 0 radical (unpaired) electrons. The predicted molar refractivity (Wildman–Crippen MR) is 159 cm³/mol. The molecule has 0 aliphatic heterocycles. The Morgan fingerprint density at radius 3 is 2.61 bits per heavy atom. The van der Waals surface area contributed by atoms with Crippen LogP contribution < -0.4 is 16.1 Å². The number of aromatic nitrogens is 5. The van der Waals surface area contributed by atoms with E-state index in [-0.39, 0.29) is 5.82 Å². The molecule has 10 heteroatoms. The number of nitrogens with zero attached hydrogens (tertiary/aromatic N) is 6. The molecule has 1 atom stereocenters. The molecule has 2 N–H and O–H groups in total. The third kappa shape index (κ3) is 4.68. The van der Waals surface area contributed by atoms with Crippen LogP contribution in [0, 0.1) is 0 Å². The van der Waals surface area contributed by atoms with Crippen LogP contribution in [-0.2, 0) is 6.54 Å². The van der Waals surface area contributed by atoms with Gasteiger partial charge >= 0.3 is 5.63 Å². The maximum absolute atomic E-state index is 13.3. The fraction of sp³-hybridized carbons (Fsp3) is 0.194. The number of hydrogen-bond acceptors (Lipinski definition) is 9. The Kier molecular flexibility index (Phi) is 6.68. The molecule has 4 heterocycles. The van der Waals surface area contributed by atoms with Gasteiger partial charge in [-0.1, -0.05) is 36.4 Å². The van der Waals surface area contributed by atoms with Crippen molar-refractivity contribution in [2.45, 2.75) is 19.5 Å². The van der Waals surface area contributed by atoms with Crippen LogP contribution in [0.4, 0.5) is 5.82 Å². The summed E-state index contributed by atoms with van der Waals surface area (Å²) in [5.41, 5.74) is 10.6. The molecule has 10 nitrogen and oxygen atoms in total. The van der Waals surface area contributed by atoms with Gasteiger partial charge in [-0.15, -0.1) is 0 Å². The molecule has 0 bridgehead atoms. The Morgan fingerprint density at radius 2 is 1.83 bits per heavy atom. The second-order valence-corrected chi connectivity index (χ2v) is 10.2. The third-order valence-electron chi connectivity index (χ3n) is 7.07. The van der Waals surface area contributed by atoms with Gasteiger partial charge in [-0.3, -0.25) is 4.98 Å². The minimum absolute atomic E-state index is 0.280. The number of fused-ring (bicyclic) bond motifs is 2. The number of hydrogen-bond donors (Lipinski definition) is 1. The number of ether oxygens (including phenoxy) is 1. The van der Waals surface area contributed by atoms with Gasteiger partial charge in [0.15, 0.2) is 5.65 Å². The van der Waals surface area contributed by atoms with Gasteiger partial charge < -0.3 is 19.8 Å². The molecule has 0 aliphatic rings. The Balaban J connectivity index is 1.61. The van der Waals surface area contributed by atoms with Crippen LogP contribution in [-0.4, -0.2) is 50.8 Å². The van der Waals surface area contributed by atoms with Crippen molar-refractivity contribution in [3.05, 3.63) is 95.1 Å². The number of anilines is 1. The van der Waals surface area contributed by atoms with E-state index in [4.69, 9.17) is 20.0 Å². The summed E-state index contributed by atoms with van der Waals surface area (Å²) in [5.74, 6) is 1.32. The zero-order valence-corrected chi connectivity index (χ0v) is 23.2. The van der Waals surface area contributed by atoms with Crippen molar-refractivity contribution in [2.24, 2.45) is 0 Å². The van der Waals surface area contributed by atoms with Crippen molar-refractivity contribution < 1.29 is 9.15 Å². The molecule has 0 spiro atoms. The average molecular weight is 548 g/mol. The third-order valence-corrected chi connectivity index (χ3v) is 7.07. The molecule has 1 unspecified atom stereocenters. The van der Waals surface area contributed by atoms with Gasteiger partial charge in [0.1, 0.15) is 35.4 Å². The number of methoxy groups -OCH3 is 1. The topological polar surface area (TPSA) is 125 Å². The molecule has 0 aliphatic carbocycles. The van der Waals surface area contributed by atoms with Gasteiger partial charge in [0.05, 0.1) is 24.1 Å². The molecule has 0 saturated heterocycles. The van der Waals surface area contributed by atoms with Gasteiger partial charge in [-0.25, -0.2) is 19.4 Å². The molecule has 4 aromatic heterocycles. The minimum atomic E-state index is -0.538. The monoisotopic (exact) mass is 547 g/mol. The largest absolute Gasteiger partial charge is 0.495 e. The number of pyridine rings is 1. The van der Waals surface area contributed by atoms with Crippen LogP contribution in [0.3, 0.4) is 0 Å². The number of rotatable bonds is 7. The van der Waals surface area contributed by atoms with Crippen LogP contribution in [0.2, 0.25) is 0 Å². The fourth-order valence-electron chi connectivity index (χ4n) is 5.24. The highest BCUT2D eigenvalue weighted by Crippen LogP contribution is 2.38. The lowest BCUT2D eigenvalue weighted by atomic mass is 9.94. The SMILES string of the molecule is COc1cncc(-c2nn(C(C)c3oc(=O)c4ccccc4c3-c3cccc(CN(C)C)c3)c3ncnc(N)c23)c1. The number of nitrogen functional groups attached to an aromatic ring is 1. The number of nitrogens with two attached hydrogens (primary N) is 1. The van der Waals surface area contributed by atoms with Crippen molar-refractivity contribution in [1.82, 2.24) is 29.6 Å². The molecule has 41 heavy (non-hydrogen) atoms. The first kappa shape index (κ1) is 26.1. The Hall–Kier alpha value is -5.09. The van der Waals surface area contributed by atoms with E-state index >= 15 is 0 Å². The summed E-state index contributed by atoms with van der Waals surface area (Å²) in [7, 11) is 5.64.